The van der Waals surface area contributed by atoms with Crippen molar-refractivity contribution in [2.24, 2.45) is 0 Å². The van der Waals surface area contributed by atoms with E-state index in [1.165, 1.54) is 36.4 Å². The minimum absolute atomic E-state index is 0.0731. The van der Waals surface area contributed by atoms with Crippen molar-refractivity contribution in [3.8, 4) is 11.5 Å². The summed E-state index contributed by atoms with van der Waals surface area (Å²) in [6.45, 7) is 5.04. The number of ketones is 1. The van der Waals surface area contributed by atoms with E-state index in [-0.39, 0.29) is 23.9 Å². The number of ether oxygens (including phenoxy) is 3. The van der Waals surface area contributed by atoms with E-state index in [0.717, 1.165) is 17.2 Å². The first-order valence-corrected chi connectivity index (χ1v) is 11.0. The number of aliphatic hydroxyl groups excluding tert-OH is 3. The van der Waals surface area contributed by atoms with Gasteiger partial charge in [-0.1, -0.05) is 17.2 Å². The summed E-state index contributed by atoms with van der Waals surface area (Å²) in [6.07, 6.45) is -1.33. The third-order valence-electron chi connectivity index (χ3n) is 5.07. The Hall–Kier alpha value is -3.02. The van der Waals surface area contributed by atoms with Gasteiger partial charge in [-0.15, -0.1) is 0 Å². The lowest BCUT2D eigenvalue weighted by Crippen LogP contribution is -2.59. The fourth-order valence-electron chi connectivity index (χ4n) is 3.19. The number of allylic oxidation sites excluding steroid dienone is 3. The maximum absolute atomic E-state index is 12.0. The minimum Gasteiger partial charge on any atom is -0.504 e. The second-order valence-electron chi connectivity index (χ2n) is 8.46. The van der Waals surface area contributed by atoms with Gasteiger partial charge in [0, 0.05) is 6.08 Å². The zero-order chi connectivity index (χ0) is 26.1. The molecule has 5 N–H and O–H groups in total. The summed E-state index contributed by atoms with van der Waals surface area (Å²) in [4.78, 5) is 23.8. The average Bonchev–Trinajstić information content (AvgIpc) is 2.78. The fraction of sp³-hybridized carbons (Fsp3) is 0.440. The molecule has 2 rings (SSSR count). The van der Waals surface area contributed by atoms with Crippen molar-refractivity contribution in [3.05, 3.63) is 53.1 Å². The summed E-state index contributed by atoms with van der Waals surface area (Å²) in [7, 11) is 0. The van der Waals surface area contributed by atoms with Crippen LogP contribution >= 0.6 is 0 Å². The Balaban J connectivity index is 1.88. The molecular formula is C25H32O10. The summed E-state index contributed by atoms with van der Waals surface area (Å²) in [6, 6.07) is 3.99. The zero-order valence-electron chi connectivity index (χ0n) is 19.8. The number of aromatic hydroxyl groups is 2. The lowest BCUT2D eigenvalue weighted by Gasteiger charge is -2.39. The molecule has 35 heavy (non-hydrogen) atoms. The highest BCUT2D eigenvalue weighted by atomic mass is 16.7. The quantitative estimate of drug-likeness (QED) is 0.183. The number of hydrogen-bond acceptors (Lipinski definition) is 10. The van der Waals surface area contributed by atoms with Crippen molar-refractivity contribution in [2.75, 3.05) is 13.2 Å². The van der Waals surface area contributed by atoms with E-state index in [9.17, 15) is 35.1 Å². The highest BCUT2D eigenvalue weighted by Crippen LogP contribution is 2.26. The molecule has 0 aliphatic carbocycles. The summed E-state index contributed by atoms with van der Waals surface area (Å²) >= 11 is 0. The van der Waals surface area contributed by atoms with Crippen LogP contribution in [-0.2, 0) is 23.8 Å². The second kappa shape index (κ2) is 13.2. The van der Waals surface area contributed by atoms with Gasteiger partial charge in [0.2, 0.25) is 0 Å². The smallest absolute Gasteiger partial charge is 0.330 e. The molecule has 1 fully saturated rings. The van der Waals surface area contributed by atoms with Gasteiger partial charge >= 0.3 is 5.97 Å². The number of aliphatic hydroxyl groups is 3. The predicted octanol–water partition coefficient (Wildman–Crippen LogP) is 1.35. The molecule has 10 nitrogen and oxygen atoms in total. The van der Waals surface area contributed by atoms with Crippen molar-refractivity contribution in [3.63, 3.8) is 0 Å². The van der Waals surface area contributed by atoms with Crippen LogP contribution in [0.4, 0.5) is 0 Å². The fourth-order valence-corrected chi connectivity index (χ4v) is 3.19. The maximum Gasteiger partial charge on any atom is 0.330 e. The van der Waals surface area contributed by atoms with E-state index in [2.05, 4.69) is 0 Å². The number of carbonyl (C=O) groups excluding carboxylic acids is 2. The molecule has 0 bridgehead atoms. The van der Waals surface area contributed by atoms with Crippen molar-refractivity contribution in [1.29, 1.82) is 0 Å². The van der Waals surface area contributed by atoms with Gasteiger partial charge in [0.05, 0.1) is 6.61 Å². The molecule has 0 amide bonds. The molecule has 0 spiro atoms. The predicted molar refractivity (Wildman–Crippen MR) is 125 cm³/mol. The lowest BCUT2D eigenvalue weighted by atomic mass is 9.99. The Labute approximate surface area is 203 Å². The van der Waals surface area contributed by atoms with Gasteiger partial charge in [0.1, 0.15) is 31.0 Å². The van der Waals surface area contributed by atoms with Crippen LogP contribution in [-0.4, -0.2) is 81.2 Å². The van der Waals surface area contributed by atoms with Gasteiger partial charge in [0.25, 0.3) is 0 Å². The van der Waals surface area contributed by atoms with Crippen molar-refractivity contribution in [2.45, 2.75) is 57.9 Å². The van der Waals surface area contributed by atoms with Gasteiger partial charge in [-0.3, -0.25) is 4.79 Å². The van der Waals surface area contributed by atoms with E-state index in [1.54, 1.807) is 6.92 Å². The maximum atomic E-state index is 12.0. The molecule has 0 radical (unpaired) electrons. The highest BCUT2D eigenvalue weighted by molar-refractivity contribution is 6.00. The van der Waals surface area contributed by atoms with Crippen molar-refractivity contribution >= 4 is 17.8 Å². The molecule has 1 aliphatic heterocycles. The third kappa shape index (κ3) is 8.93. The summed E-state index contributed by atoms with van der Waals surface area (Å²) in [5.74, 6) is -1.57. The summed E-state index contributed by atoms with van der Waals surface area (Å²) < 4.78 is 16.1. The Morgan fingerprint density at radius 1 is 1.00 bits per heavy atom. The van der Waals surface area contributed by atoms with E-state index < -0.39 is 43.3 Å². The minimum atomic E-state index is -1.59. The van der Waals surface area contributed by atoms with E-state index in [0.29, 0.717) is 12.0 Å². The van der Waals surface area contributed by atoms with Gasteiger partial charge in [-0.2, -0.15) is 0 Å². The number of rotatable bonds is 10. The van der Waals surface area contributed by atoms with Crippen molar-refractivity contribution in [1.82, 2.24) is 0 Å². The Morgan fingerprint density at radius 3 is 2.37 bits per heavy atom. The monoisotopic (exact) mass is 492 g/mol. The number of phenolic OH excluding ortho intramolecular Hbond substituents is 2. The first-order valence-electron chi connectivity index (χ1n) is 11.0. The summed E-state index contributed by atoms with van der Waals surface area (Å²) in [5.41, 5.74) is 2.06. The van der Waals surface area contributed by atoms with Crippen LogP contribution in [0.3, 0.4) is 0 Å². The van der Waals surface area contributed by atoms with Crippen LogP contribution in [0.2, 0.25) is 0 Å². The molecule has 1 saturated heterocycles. The molecule has 1 aliphatic rings. The standard InChI is InChI=1S/C25H32O10/c1-14(2)10-17(26)11-15(3)8-9-33-25-24(32)23(31)22(30)20(35-25)13-34-21(29)7-5-16-4-6-18(27)19(28)12-16/h4-7,10-12,20,22-25,27-28,30-32H,8-9,13H2,1-3H3/b7-5+,15-11+/t20-,22-,23+,24-,25-/m0/s1. The molecule has 0 aromatic heterocycles. The van der Waals surface area contributed by atoms with Crippen LogP contribution in [0.15, 0.2) is 47.6 Å². The molecule has 192 valence electrons. The van der Waals surface area contributed by atoms with Gasteiger partial charge < -0.3 is 39.7 Å². The van der Waals surface area contributed by atoms with Crippen LogP contribution in [0.25, 0.3) is 6.08 Å². The Morgan fingerprint density at radius 2 is 1.71 bits per heavy atom. The van der Waals surface area contributed by atoms with Crippen LogP contribution in [0.1, 0.15) is 32.8 Å². The van der Waals surface area contributed by atoms with Crippen LogP contribution in [0.5, 0.6) is 11.5 Å². The zero-order valence-corrected chi connectivity index (χ0v) is 19.8. The largest absolute Gasteiger partial charge is 0.504 e. The van der Waals surface area contributed by atoms with Crippen LogP contribution in [0, 0.1) is 0 Å². The molecule has 0 unspecified atom stereocenters. The van der Waals surface area contributed by atoms with E-state index in [4.69, 9.17) is 14.2 Å². The second-order valence-corrected chi connectivity index (χ2v) is 8.46. The average molecular weight is 493 g/mol. The molecule has 1 heterocycles. The van der Waals surface area contributed by atoms with E-state index >= 15 is 0 Å². The summed E-state index contributed by atoms with van der Waals surface area (Å²) in [5, 5.41) is 49.3. The molecule has 0 saturated carbocycles. The molecule has 5 atom stereocenters. The first kappa shape index (κ1) is 28.2. The number of phenols is 2. The number of benzene rings is 1. The van der Waals surface area contributed by atoms with Gasteiger partial charge in [-0.25, -0.2) is 4.79 Å². The Kier molecular flexibility index (Phi) is 10.6. The molecule has 1 aromatic rings. The molecular weight excluding hydrogens is 460 g/mol. The lowest BCUT2D eigenvalue weighted by molar-refractivity contribution is -0.301. The number of hydrogen-bond donors (Lipinski definition) is 5. The van der Waals surface area contributed by atoms with Crippen molar-refractivity contribution < 1.29 is 49.3 Å². The molecule has 1 aromatic carbocycles. The van der Waals surface area contributed by atoms with Gasteiger partial charge in [0.15, 0.2) is 23.6 Å². The van der Waals surface area contributed by atoms with Gasteiger partial charge in [-0.05, 0) is 63.1 Å². The third-order valence-corrected chi connectivity index (χ3v) is 5.07. The Bertz CT molecular complexity index is 976. The molecule has 10 heteroatoms. The number of carbonyl (C=O) groups is 2. The first-order chi connectivity index (χ1) is 16.5. The SMILES string of the molecule is CC(C)=CC(=O)/C=C(\C)CCO[C@H]1O[C@@H](COC(=O)/C=C/c2ccc(O)c(O)c2)[C@H](O)[C@@H](O)[C@@H]1O. The number of esters is 1. The van der Waals surface area contributed by atoms with E-state index in [1.807, 2.05) is 13.8 Å². The van der Waals surface area contributed by atoms with Crippen LogP contribution < -0.4 is 0 Å². The normalized spacial score (nSPS) is 24.9. The highest BCUT2D eigenvalue weighted by Gasteiger charge is 2.44. The topological polar surface area (TPSA) is 163 Å².